The third-order valence-electron chi connectivity index (χ3n) is 25.1. The fourth-order valence-electron chi connectivity index (χ4n) is 18.2. The Morgan fingerprint density at radius 2 is 0.648 bits per heavy atom. The predicted octanol–water partition coefficient (Wildman–Crippen LogP) is 22.3. The largest absolute Gasteiger partial charge is 0.468 e. The summed E-state index contributed by atoms with van der Waals surface area (Å²) in [7, 11) is 0. The first-order valence-corrected chi connectivity index (χ1v) is 54.2. The van der Waals surface area contributed by atoms with E-state index in [1.165, 1.54) is 120 Å². The number of anilines is 5. The Morgan fingerprint density at radius 1 is 0.352 bits per heavy atom. The smallest absolute Gasteiger partial charge is 0.303 e. The highest BCUT2D eigenvalue weighted by Gasteiger charge is 2.42. The van der Waals surface area contributed by atoms with Gasteiger partial charge in [0, 0.05) is 76.9 Å². The molecule has 0 radical (unpaired) electrons. The number of hydrogen-bond donors (Lipinski definition) is 6. The van der Waals surface area contributed by atoms with E-state index in [2.05, 4.69) is 50.3 Å². The highest BCUT2D eigenvalue weighted by atomic mass is 35.5. The number of thioether (sulfide) groups is 1. The molecule has 5 heterocycles. The number of para-hydroxylation sites is 5. The maximum atomic E-state index is 13.8. The Bertz CT molecular complexity index is 6310. The van der Waals surface area contributed by atoms with E-state index in [9.17, 15) is 56.7 Å². The lowest BCUT2D eigenvalue weighted by atomic mass is 9.95. The van der Waals surface area contributed by atoms with E-state index >= 15 is 0 Å². The Labute approximate surface area is 875 Å². The van der Waals surface area contributed by atoms with E-state index in [1.807, 2.05) is 143 Å². The molecule has 752 valence electrons. The number of rotatable bonds is 30. The van der Waals surface area contributed by atoms with Crippen molar-refractivity contribution in [2.45, 2.75) is 226 Å². The number of thiophene rings is 5. The molecule has 10 amide bonds. The van der Waals surface area contributed by atoms with Crippen molar-refractivity contribution >= 4 is 168 Å². The Hall–Kier alpha value is -13.6. The van der Waals surface area contributed by atoms with Crippen LogP contribution >= 0.6 is 80.0 Å². The van der Waals surface area contributed by atoms with Crippen LogP contribution in [0, 0.1) is 73.4 Å². The van der Waals surface area contributed by atoms with Crippen LogP contribution in [0.3, 0.4) is 0 Å². The quantitative estimate of drug-likeness (QED) is 0.0139. The van der Waals surface area contributed by atoms with Gasteiger partial charge in [-0.15, -0.1) is 101 Å². The van der Waals surface area contributed by atoms with Gasteiger partial charge in [0.25, 0.3) is 0 Å². The van der Waals surface area contributed by atoms with Gasteiger partial charge in [0.1, 0.15) is 11.5 Å². The average Bonchev–Trinajstić information content (AvgIpc) is 1.79. The van der Waals surface area contributed by atoms with E-state index < -0.39 is 78.2 Å². The number of carbonyl (C=O) groups is 10. The number of terminal acetylenes is 5. The van der Waals surface area contributed by atoms with E-state index in [4.69, 9.17) is 58.3 Å². The molecule has 6 N–H and O–H groups in total. The van der Waals surface area contributed by atoms with Gasteiger partial charge in [-0.05, 0) is 242 Å². The lowest BCUT2D eigenvalue weighted by molar-refractivity contribution is -0.126. The third-order valence-corrected chi connectivity index (χ3v) is 30.9. The Kier molecular flexibility index (Phi) is 43.4. The van der Waals surface area contributed by atoms with Crippen LogP contribution in [0.15, 0.2) is 238 Å². The van der Waals surface area contributed by atoms with E-state index in [0.717, 1.165) is 176 Å². The number of benzene rings is 6. The summed E-state index contributed by atoms with van der Waals surface area (Å²) in [5, 5.41) is 34.2. The summed E-state index contributed by atoms with van der Waals surface area (Å²) in [6.07, 6.45) is 55.4. The number of nitrogens with zero attached hydrogens (tertiary/aromatic N) is 5. The summed E-state index contributed by atoms with van der Waals surface area (Å²) in [6.45, 7) is -0.450. The first-order valence-electron chi connectivity index (χ1n) is 48.2. The number of halogens is 3. The normalized spacial score (nSPS) is 15.2. The van der Waals surface area contributed by atoms with Gasteiger partial charge in [0.15, 0.2) is 54.4 Å². The molecule has 5 aromatic heterocycles. The van der Waals surface area contributed by atoms with E-state index in [1.54, 1.807) is 84.2 Å². The topological polar surface area (TPSA) is 286 Å². The maximum Gasteiger partial charge on any atom is 0.303 e. The molecule has 0 bridgehead atoms. The third kappa shape index (κ3) is 30.7. The highest BCUT2D eigenvalue weighted by molar-refractivity contribution is 7.98. The van der Waals surface area contributed by atoms with E-state index in [0.29, 0.717) is 49.9 Å². The molecule has 5 saturated carbocycles. The standard InChI is InChI=1S/C27H26N2O3S.C22H24N2O4S.C22H24N2O2S2.C21H21ClN2O2S.C21H20F2N2O2S/c1-2-25(30)29(22-16-9-10-17-23(22)32-21-14-7-4-8-15-21)26(24-18-11-19-33-24)27(31)28-20-12-5-3-6-13-20;1-2-20(26)24(17-10-12-18(13-11-17)28-15-25)21(19-9-6-14-29-19)22(27)23-16-7-4-3-5-8-16;1-3-20(25)24(17-12-7-8-13-18(17)27-2)21(19-14-9-15-28-19)22(26)23-16-10-5-4-6-11-16;1-2-19(25)24(17-12-7-6-11-16(17)22)20(18-13-8-14-27-18)21(26)23-15-9-4-3-5-10-15;1-2-19(26)25(15-10-11-16(22)17(23)13-15)20(18-9-6-12-28-18)21(27)24-14-7-4-3-5-8-14/h1,4,7-11,14-20,26H,3,5-6,12-13H2,(H,28,31);1,6,9-14,16,21,25H,3-5,7-8,15H2,(H,23,27);1,7-9,12-16,21H,4-6,10-11H2,2H3,(H,23,26);1,6-8,11-15,20H,3-5,9-10H2,(H,23,26);1,6,9-14,20H,3-5,7-8H2,(H,24,27). The van der Waals surface area contributed by atoms with Crippen LogP contribution in [-0.2, 0) is 47.9 Å². The lowest BCUT2D eigenvalue weighted by Crippen LogP contribution is -2.47. The van der Waals surface area contributed by atoms with Gasteiger partial charge in [-0.3, -0.25) is 72.4 Å². The van der Waals surface area contributed by atoms with Gasteiger partial charge in [-0.1, -0.05) is 193 Å². The highest BCUT2D eigenvalue weighted by Crippen LogP contribution is 2.43. The van der Waals surface area contributed by atoms with Crippen molar-refractivity contribution in [3.05, 3.63) is 274 Å². The number of amides is 10. The Balaban J connectivity index is 0.000000162. The minimum atomic E-state index is -1.12. The summed E-state index contributed by atoms with van der Waals surface area (Å²) < 4.78 is 38.3. The summed E-state index contributed by atoms with van der Waals surface area (Å²) in [4.78, 5) is 142. The molecule has 5 aliphatic rings. The van der Waals surface area contributed by atoms with Crippen LogP contribution in [-0.4, -0.2) is 107 Å². The molecule has 23 nitrogen and oxygen atoms in total. The van der Waals surface area contributed by atoms with Crippen LogP contribution in [0.5, 0.6) is 17.2 Å². The molecule has 5 unspecified atom stereocenters. The molecule has 5 atom stereocenters. The van der Waals surface area contributed by atoms with Gasteiger partial charge < -0.3 is 41.2 Å². The molecule has 32 heteroatoms. The molecular formula is C113H115ClF2N10O13S6. The fourth-order valence-corrected chi connectivity index (χ4v) is 23.1. The van der Waals surface area contributed by atoms with Crippen LogP contribution in [0.2, 0.25) is 5.02 Å². The molecule has 6 aromatic carbocycles. The molecule has 5 fully saturated rings. The second kappa shape index (κ2) is 57.2. The summed E-state index contributed by atoms with van der Waals surface area (Å²) >= 11 is 14.8. The zero-order valence-electron chi connectivity index (χ0n) is 80.2. The first kappa shape index (κ1) is 110. The minimum Gasteiger partial charge on any atom is -0.468 e. The molecule has 0 spiro atoms. The SMILES string of the molecule is C#CC(=O)N(c1ccc(F)c(F)c1)C(C(=O)NC1CCCCC1)c1cccs1.C#CC(=O)N(c1ccc(OCO)cc1)C(C(=O)NC1CCCCC1)c1cccs1.C#CC(=O)N(c1ccccc1Cl)C(C(=O)NC1CCCCC1)c1cccs1.C#CC(=O)N(c1ccccc1Oc1ccccc1)C(C(=O)NC1CCCCC1)c1cccs1.C#CC(=O)N(c1ccccc1SC)C(C(=O)NC1CCCCC1)c1cccs1. The molecule has 5 aliphatic carbocycles. The molecule has 0 saturated heterocycles. The maximum absolute atomic E-state index is 13.8. The zero-order chi connectivity index (χ0) is 103. The van der Waals surface area contributed by atoms with Crippen LogP contribution in [0.25, 0.3) is 0 Å². The molecule has 0 aliphatic heterocycles. The second-order valence-electron chi connectivity index (χ2n) is 34.8. The zero-order valence-corrected chi connectivity index (χ0v) is 85.9. The van der Waals surface area contributed by atoms with Crippen molar-refractivity contribution in [1.82, 2.24) is 26.6 Å². The average molecular weight is 2090 g/mol. The van der Waals surface area contributed by atoms with Crippen molar-refractivity contribution in [2.75, 3.05) is 37.5 Å². The molecule has 16 rings (SSSR count). The van der Waals surface area contributed by atoms with Gasteiger partial charge >= 0.3 is 29.5 Å². The van der Waals surface area contributed by atoms with Crippen molar-refractivity contribution in [3.63, 3.8) is 0 Å². The fraction of sp³-hybridized carbons (Fsp3) is 0.327. The van der Waals surface area contributed by atoms with Crippen molar-refractivity contribution < 1.29 is 71.3 Å². The molecule has 11 aromatic rings. The summed E-state index contributed by atoms with van der Waals surface area (Å²) in [5.41, 5.74) is 2.05. The molecular weight excluding hydrogens is 1970 g/mol. The van der Waals surface area contributed by atoms with Crippen molar-refractivity contribution in [2.24, 2.45) is 0 Å². The first-order chi connectivity index (χ1) is 70.6. The van der Waals surface area contributed by atoms with Crippen molar-refractivity contribution in [1.29, 1.82) is 0 Å². The number of carbonyl (C=O) groups excluding carboxylic acids is 10. The number of aliphatic hydroxyl groups is 1. The number of hydrogen-bond acceptors (Lipinski definition) is 19. The predicted molar refractivity (Wildman–Crippen MR) is 575 cm³/mol. The van der Waals surface area contributed by atoms with Crippen molar-refractivity contribution in [3.8, 4) is 79.0 Å². The number of nitrogens with one attached hydrogen (secondary N) is 5. The van der Waals surface area contributed by atoms with E-state index in [-0.39, 0.29) is 65.4 Å². The van der Waals surface area contributed by atoms with Gasteiger partial charge in [-0.25, -0.2) is 8.78 Å². The monoisotopic (exact) mass is 2080 g/mol. The number of aliphatic hydroxyl groups excluding tert-OH is 1. The number of ether oxygens (including phenoxy) is 2. The van der Waals surface area contributed by atoms with Gasteiger partial charge in [0.05, 0.1) is 22.1 Å². The molecule has 145 heavy (non-hydrogen) atoms. The second-order valence-corrected chi connectivity index (χ2v) is 40.9. The summed E-state index contributed by atoms with van der Waals surface area (Å²) in [6, 6.07) is 54.9. The Morgan fingerprint density at radius 3 is 0.979 bits per heavy atom. The van der Waals surface area contributed by atoms with Gasteiger partial charge in [-0.2, -0.15) is 0 Å². The van der Waals surface area contributed by atoms with Gasteiger partial charge in [0.2, 0.25) is 29.5 Å². The van der Waals surface area contributed by atoms with Crippen LogP contribution in [0.1, 0.15) is 215 Å². The van der Waals surface area contributed by atoms with Crippen LogP contribution < -0.4 is 60.6 Å². The van der Waals surface area contributed by atoms with Crippen LogP contribution in [0.4, 0.5) is 37.2 Å². The lowest BCUT2D eigenvalue weighted by Gasteiger charge is -2.32. The summed E-state index contributed by atoms with van der Waals surface area (Å²) in [5.74, 6) is 5.69. The minimum absolute atomic E-state index is 0.0245.